The summed E-state index contributed by atoms with van der Waals surface area (Å²) in [6.45, 7) is 2.14. The Bertz CT molecular complexity index is 1060. The molecule has 0 aliphatic carbocycles. The Balaban J connectivity index is 1.99. The first kappa shape index (κ1) is 16.7. The normalized spacial score (nSPS) is 12.2. The molecule has 0 aliphatic rings. The van der Waals surface area contributed by atoms with Gasteiger partial charge in [0.05, 0.1) is 15.7 Å². The zero-order chi connectivity index (χ0) is 17.9. The molecule has 4 rings (SSSR count). The van der Waals surface area contributed by atoms with Gasteiger partial charge < -0.3 is 0 Å². The summed E-state index contributed by atoms with van der Waals surface area (Å²) >= 11 is 1.65. The van der Waals surface area contributed by atoms with Gasteiger partial charge in [-0.15, -0.1) is 11.3 Å². The number of nitrogens with zero attached hydrogens (tertiary/aromatic N) is 1. The number of allylic oxidation sites excluding steroid dienone is 1. The van der Waals surface area contributed by atoms with Crippen LogP contribution < -0.4 is 0 Å². The molecule has 1 aromatic heterocycles. The molecule has 0 saturated heterocycles. The van der Waals surface area contributed by atoms with Crippen molar-refractivity contribution < 1.29 is 4.39 Å². The van der Waals surface area contributed by atoms with Crippen molar-refractivity contribution in [3.05, 3.63) is 101 Å². The second-order valence-electron chi connectivity index (χ2n) is 6.11. The van der Waals surface area contributed by atoms with Crippen LogP contribution in [0.1, 0.15) is 30.0 Å². The Morgan fingerprint density at radius 3 is 2.35 bits per heavy atom. The molecule has 3 heteroatoms. The van der Waals surface area contributed by atoms with Gasteiger partial charge in [-0.05, 0) is 58.5 Å². The van der Waals surface area contributed by atoms with Crippen molar-refractivity contribution in [1.82, 2.24) is 4.98 Å². The number of halogens is 1. The Morgan fingerprint density at radius 1 is 0.885 bits per heavy atom. The Labute approximate surface area is 156 Å². The van der Waals surface area contributed by atoms with E-state index in [2.05, 4.69) is 54.4 Å². The summed E-state index contributed by atoms with van der Waals surface area (Å²) in [5, 5.41) is 0. The number of hydrogen-bond donors (Lipinski definition) is 0. The molecule has 0 N–H and O–H groups in total. The summed E-state index contributed by atoms with van der Waals surface area (Å²) in [4.78, 5) is 4.47. The van der Waals surface area contributed by atoms with Crippen molar-refractivity contribution in [2.24, 2.45) is 0 Å². The summed E-state index contributed by atoms with van der Waals surface area (Å²) in [7, 11) is 0. The predicted octanol–water partition coefficient (Wildman–Crippen LogP) is 6.80. The maximum Gasteiger partial charge on any atom is 0.123 e. The van der Waals surface area contributed by atoms with E-state index in [4.69, 9.17) is 0 Å². The van der Waals surface area contributed by atoms with Gasteiger partial charge in [0.25, 0.3) is 0 Å². The highest BCUT2D eigenvalue weighted by Gasteiger charge is 2.14. The average Bonchev–Trinajstić information content (AvgIpc) is 3.15. The number of fused-ring (bicyclic) bond motifs is 1. The van der Waals surface area contributed by atoms with Crippen LogP contribution in [0.5, 0.6) is 0 Å². The predicted molar refractivity (Wildman–Crippen MR) is 109 cm³/mol. The lowest BCUT2D eigenvalue weighted by molar-refractivity contribution is 0.627. The van der Waals surface area contributed by atoms with Crippen molar-refractivity contribution in [2.45, 2.75) is 13.3 Å². The molecule has 0 amide bonds. The minimum atomic E-state index is -0.214. The topological polar surface area (TPSA) is 12.9 Å². The molecule has 1 nitrogen and oxygen atoms in total. The minimum Gasteiger partial charge on any atom is -0.245 e. The van der Waals surface area contributed by atoms with Crippen LogP contribution in [-0.2, 0) is 0 Å². The van der Waals surface area contributed by atoms with Crippen LogP contribution in [0.3, 0.4) is 0 Å². The monoisotopic (exact) mass is 359 g/mol. The van der Waals surface area contributed by atoms with E-state index >= 15 is 0 Å². The quantitative estimate of drug-likeness (QED) is 0.365. The standard InChI is InChI=1S/C23H18FNS/c1-2-20(16-8-11-19(24)12-9-16)23(17-6-4-3-5-7-17)18-10-13-22-21(14-18)25-15-26-22/h3-15H,2H2,1H3/b23-20+. The molecule has 0 saturated carbocycles. The van der Waals surface area contributed by atoms with Crippen LogP contribution in [0.25, 0.3) is 21.4 Å². The molecule has 0 radical (unpaired) electrons. The molecule has 128 valence electrons. The van der Waals surface area contributed by atoms with Gasteiger partial charge in [-0.3, -0.25) is 0 Å². The molecule has 4 aromatic rings. The summed E-state index contributed by atoms with van der Waals surface area (Å²) in [6.07, 6.45) is 0.852. The summed E-state index contributed by atoms with van der Waals surface area (Å²) in [5.74, 6) is -0.214. The molecule has 0 fully saturated rings. The van der Waals surface area contributed by atoms with Crippen molar-refractivity contribution in [3.63, 3.8) is 0 Å². The van der Waals surface area contributed by atoms with E-state index in [1.807, 2.05) is 23.7 Å². The molecular weight excluding hydrogens is 341 g/mol. The Hall–Kier alpha value is -2.78. The zero-order valence-electron chi connectivity index (χ0n) is 14.4. The SMILES string of the molecule is CC/C(=C(/c1ccccc1)c1ccc2scnc2c1)c1ccc(F)cc1. The van der Waals surface area contributed by atoms with E-state index in [0.717, 1.165) is 28.6 Å². The maximum absolute atomic E-state index is 13.4. The van der Waals surface area contributed by atoms with Crippen LogP contribution in [-0.4, -0.2) is 4.98 Å². The van der Waals surface area contributed by atoms with Crippen LogP contribution in [0, 0.1) is 5.82 Å². The highest BCUT2D eigenvalue weighted by Crippen LogP contribution is 2.35. The number of thiazole rings is 1. The fourth-order valence-corrected chi connectivity index (χ4v) is 3.97. The Kier molecular flexibility index (Phi) is 4.63. The van der Waals surface area contributed by atoms with E-state index in [1.54, 1.807) is 11.3 Å². The van der Waals surface area contributed by atoms with Crippen LogP contribution in [0.2, 0.25) is 0 Å². The molecule has 0 unspecified atom stereocenters. The van der Waals surface area contributed by atoms with Crippen molar-refractivity contribution in [3.8, 4) is 0 Å². The molecule has 3 aromatic carbocycles. The lowest BCUT2D eigenvalue weighted by Gasteiger charge is -2.16. The van der Waals surface area contributed by atoms with Crippen LogP contribution in [0.4, 0.5) is 4.39 Å². The third-order valence-electron chi connectivity index (χ3n) is 4.53. The minimum absolute atomic E-state index is 0.214. The fourth-order valence-electron chi connectivity index (χ4n) is 3.31. The highest BCUT2D eigenvalue weighted by molar-refractivity contribution is 7.16. The third-order valence-corrected chi connectivity index (χ3v) is 5.34. The van der Waals surface area contributed by atoms with Gasteiger partial charge in [0.15, 0.2) is 0 Å². The van der Waals surface area contributed by atoms with Gasteiger partial charge in [0.2, 0.25) is 0 Å². The van der Waals surface area contributed by atoms with Gasteiger partial charge in [-0.25, -0.2) is 9.37 Å². The first-order valence-electron chi connectivity index (χ1n) is 8.64. The van der Waals surface area contributed by atoms with Crippen molar-refractivity contribution in [1.29, 1.82) is 0 Å². The lowest BCUT2D eigenvalue weighted by atomic mass is 9.88. The number of benzene rings is 3. The maximum atomic E-state index is 13.4. The average molecular weight is 359 g/mol. The highest BCUT2D eigenvalue weighted by atomic mass is 32.1. The smallest absolute Gasteiger partial charge is 0.123 e. The molecule has 0 spiro atoms. The zero-order valence-corrected chi connectivity index (χ0v) is 15.3. The van der Waals surface area contributed by atoms with Gasteiger partial charge >= 0.3 is 0 Å². The second kappa shape index (κ2) is 7.22. The number of rotatable bonds is 4. The fraction of sp³-hybridized carbons (Fsp3) is 0.0870. The van der Waals surface area contributed by atoms with Gasteiger partial charge in [0, 0.05) is 0 Å². The molecule has 26 heavy (non-hydrogen) atoms. The first-order chi connectivity index (χ1) is 12.8. The van der Waals surface area contributed by atoms with Crippen LogP contribution in [0.15, 0.2) is 78.3 Å². The molecular formula is C23H18FNS. The van der Waals surface area contributed by atoms with Crippen molar-refractivity contribution >= 4 is 32.7 Å². The summed E-state index contributed by atoms with van der Waals surface area (Å²) in [5.41, 5.74) is 8.60. The van der Waals surface area contributed by atoms with E-state index in [-0.39, 0.29) is 5.82 Å². The van der Waals surface area contributed by atoms with Gasteiger partial charge in [-0.2, -0.15) is 0 Å². The largest absolute Gasteiger partial charge is 0.245 e. The Morgan fingerprint density at radius 2 is 1.62 bits per heavy atom. The van der Waals surface area contributed by atoms with E-state index in [0.29, 0.717) is 0 Å². The summed E-state index contributed by atoms with van der Waals surface area (Å²) in [6, 6.07) is 23.6. The van der Waals surface area contributed by atoms with Gasteiger partial charge in [-0.1, -0.05) is 55.5 Å². The second-order valence-corrected chi connectivity index (χ2v) is 7.00. The first-order valence-corrected chi connectivity index (χ1v) is 9.52. The van der Waals surface area contributed by atoms with E-state index in [9.17, 15) is 4.39 Å². The van der Waals surface area contributed by atoms with E-state index < -0.39 is 0 Å². The van der Waals surface area contributed by atoms with E-state index in [1.165, 1.54) is 28.0 Å². The van der Waals surface area contributed by atoms with Crippen molar-refractivity contribution in [2.75, 3.05) is 0 Å². The molecule has 0 bridgehead atoms. The van der Waals surface area contributed by atoms with Crippen LogP contribution >= 0.6 is 11.3 Å². The molecule has 0 aliphatic heterocycles. The third kappa shape index (κ3) is 3.18. The summed E-state index contributed by atoms with van der Waals surface area (Å²) < 4.78 is 14.6. The molecule has 0 atom stereocenters. The van der Waals surface area contributed by atoms with Gasteiger partial charge in [0.1, 0.15) is 5.82 Å². The molecule has 1 heterocycles. The number of hydrogen-bond acceptors (Lipinski definition) is 2. The number of aromatic nitrogens is 1. The lowest BCUT2D eigenvalue weighted by Crippen LogP contribution is -1.95.